The molecule has 2 nitrogen and oxygen atoms in total. The fourth-order valence-corrected chi connectivity index (χ4v) is 3.51. The molecule has 0 aromatic heterocycles. The molecule has 0 radical (unpaired) electrons. The van der Waals surface area contributed by atoms with Crippen LogP contribution in [0, 0.1) is 5.41 Å². The van der Waals surface area contributed by atoms with Gasteiger partial charge in [0.05, 0.1) is 0 Å². The summed E-state index contributed by atoms with van der Waals surface area (Å²) in [7, 11) is 0. The minimum absolute atomic E-state index is 0.265. The molecule has 1 saturated carbocycles. The molecule has 2 atom stereocenters. The third kappa shape index (κ3) is 2.91. The minimum atomic E-state index is 0.265. The van der Waals surface area contributed by atoms with Crippen LogP contribution in [-0.4, -0.2) is 18.7 Å². The van der Waals surface area contributed by atoms with Gasteiger partial charge >= 0.3 is 0 Å². The Hall–Kier alpha value is -1.54. The van der Waals surface area contributed by atoms with E-state index in [4.69, 9.17) is 4.74 Å². The average Bonchev–Trinajstić information content (AvgIpc) is 2.75. The van der Waals surface area contributed by atoms with Crippen molar-refractivity contribution in [3.63, 3.8) is 0 Å². The minimum Gasteiger partial charge on any atom is -0.489 e. The number of nitrogens with one attached hydrogen (secondary N) is 1. The molecular formula is C19H25NO. The molecule has 1 fully saturated rings. The lowest BCUT2D eigenvalue weighted by Crippen LogP contribution is -2.46. The van der Waals surface area contributed by atoms with E-state index < -0.39 is 0 Å². The fraction of sp³-hybridized carbons (Fsp3) is 0.474. The van der Waals surface area contributed by atoms with E-state index in [9.17, 15) is 0 Å². The van der Waals surface area contributed by atoms with E-state index in [2.05, 4.69) is 68.6 Å². The number of fused-ring (bicyclic) bond motifs is 1. The molecule has 0 amide bonds. The van der Waals surface area contributed by atoms with Crippen LogP contribution in [0.15, 0.2) is 42.5 Å². The van der Waals surface area contributed by atoms with Crippen molar-refractivity contribution in [1.82, 2.24) is 5.32 Å². The average molecular weight is 283 g/mol. The molecule has 0 aliphatic heterocycles. The van der Waals surface area contributed by atoms with E-state index in [1.165, 1.54) is 17.2 Å². The van der Waals surface area contributed by atoms with E-state index >= 15 is 0 Å². The van der Waals surface area contributed by atoms with Crippen LogP contribution in [0.2, 0.25) is 0 Å². The Kier molecular flexibility index (Phi) is 3.90. The van der Waals surface area contributed by atoms with Gasteiger partial charge in [0, 0.05) is 6.04 Å². The molecule has 0 spiro atoms. The standard InChI is InChI=1S/C19H25NO/c1-4-20-18-17(11-12-19(18,2)3)21-16-10-9-14-7-5-6-8-15(14)13-16/h5-10,13,17-18,20H,4,11-12H2,1-3H3. The van der Waals surface area contributed by atoms with Crippen molar-refractivity contribution in [2.75, 3.05) is 6.54 Å². The Morgan fingerprint density at radius 1 is 1.14 bits per heavy atom. The largest absolute Gasteiger partial charge is 0.489 e. The quantitative estimate of drug-likeness (QED) is 0.898. The highest BCUT2D eigenvalue weighted by Gasteiger charge is 2.42. The third-order valence-electron chi connectivity index (χ3n) is 4.72. The van der Waals surface area contributed by atoms with Gasteiger partial charge in [-0.25, -0.2) is 0 Å². The van der Waals surface area contributed by atoms with E-state index in [1.807, 2.05) is 0 Å². The van der Waals surface area contributed by atoms with Gasteiger partial charge < -0.3 is 10.1 Å². The topological polar surface area (TPSA) is 21.3 Å². The zero-order valence-corrected chi connectivity index (χ0v) is 13.2. The molecular weight excluding hydrogens is 258 g/mol. The summed E-state index contributed by atoms with van der Waals surface area (Å²) in [6, 6.07) is 15.2. The highest BCUT2D eigenvalue weighted by Crippen LogP contribution is 2.39. The van der Waals surface area contributed by atoms with Gasteiger partial charge in [-0.15, -0.1) is 0 Å². The Bertz CT molecular complexity index is 620. The predicted molar refractivity (Wildman–Crippen MR) is 88.8 cm³/mol. The van der Waals surface area contributed by atoms with Crippen molar-refractivity contribution >= 4 is 10.8 Å². The summed E-state index contributed by atoms with van der Waals surface area (Å²) in [6.07, 6.45) is 2.60. The second-order valence-corrected chi connectivity index (χ2v) is 6.73. The highest BCUT2D eigenvalue weighted by molar-refractivity contribution is 5.83. The van der Waals surface area contributed by atoms with Crippen molar-refractivity contribution in [2.45, 2.75) is 45.8 Å². The maximum atomic E-state index is 6.32. The molecule has 1 N–H and O–H groups in total. The SMILES string of the molecule is CCNC1C(Oc2ccc3ccccc3c2)CCC1(C)C. The molecule has 2 aromatic carbocycles. The summed E-state index contributed by atoms with van der Waals surface area (Å²) < 4.78 is 6.32. The first-order chi connectivity index (χ1) is 10.1. The fourth-order valence-electron chi connectivity index (χ4n) is 3.51. The van der Waals surface area contributed by atoms with Crippen molar-refractivity contribution in [1.29, 1.82) is 0 Å². The lowest BCUT2D eigenvalue weighted by Gasteiger charge is -2.31. The maximum absolute atomic E-state index is 6.32. The molecule has 1 aliphatic carbocycles. The molecule has 3 rings (SSSR count). The maximum Gasteiger partial charge on any atom is 0.120 e. The lowest BCUT2D eigenvalue weighted by atomic mass is 9.87. The van der Waals surface area contributed by atoms with Gasteiger partial charge in [0.1, 0.15) is 11.9 Å². The molecule has 21 heavy (non-hydrogen) atoms. The molecule has 112 valence electrons. The van der Waals surface area contributed by atoms with Crippen LogP contribution in [0.4, 0.5) is 0 Å². The first-order valence-corrected chi connectivity index (χ1v) is 7.99. The van der Waals surface area contributed by atoms with Crippen molar-refractivity contribution in [3.05, 3.63) is 42.5 Å². The Balaban J connectivity index is 1.81. The van der Waals surface area contributed by atoms with Gasteiger partial charge in [-0.05, 0) is 47.7 Å². The Labute approximate surface area is 127 Å². The van der Waals surface area contributed by atoms with E-state index in [0.29, 0.717) is 11.5 Å². The van der Waals surface area contributed by atoms with Gasteiger partial charge in [0.2, 0.25) is 0 Å². The highest BCUT2D eigenvalue weighted by atomic mass is 16.5. The number of benzene rings is 2. The van der Waals surface area contributed by atoms with Crippen LogP contribution in [0.5, 0.6) is 5.75 Å². The number of rotatable bonds is 4. The van der Waals surface area contributed by atoms with Crippen LogP contribution in [0.3, 0.4) is 0 Å². The summed E-state index contributed by atoms with van der Waals surface area (Å²) in [5.41, 5.74) is 0.303. The molecule has 1 aliphatic rings. The summed E-state index contributed by atoms with van der Waals surface area (Å²) >= 11 is 0. The van der Waals surface area contributed by atoms with Gasteiger partial charge in [-0.1, -0.05) is 51.1 Å². The Morgan fingerprint density at radius 3 is 2.67 bits per heavy atom. The molecule has 2 heteroatoms. The number of hydrogen-bond donors (Lipinski definition) is 1. The summed E-state index contributed by atoms with van der Waals surface area (Å²) in [6.45, 7) is 7.83. The van der Waals surface area contributed by atoms with Gasteiger partial charge in [0.15, 0.2) is 0 Å². The molecule has 0 heterocycles. The van der Waals surface area contributed by atoms with Crippen LogP contribution in [0.1, 0.15) is 33.6 Å². The molecule has 2 aromatic rings. The number of hydrogen-bond acceptors (Lipinski definition) is 2. The predicted octanol–water partition coefficient (Wildman–Crippen LogP) is 4.39. The van der Waals surface area contributed by atoms with Gasteiger partial charge in [-0.3, -0.25) is 0 Å². The summed E-state index contributed by atoms with van der Waals surface area (Å²) in [5, 5.41) is 6.12. The lowest BCUT2D eigenvalue weighted by molar-refractivity contribution is 0.142. The van der Waals surface area contributed by atoms with Gasteiger partial charge in [-0.2, -0.15) is 0 Å². The second kappa shape index (κ2) is 5.69. The van der Waals surface area contributed by atoms with E-state index in [0.717, 1.165) is 18.7 Å². The summed E-state index contributed by atoms with van der Waals surface area (Å²) in [4.78, 5) is 0. The summed E-state index contributed by atoms with van der Waals surface area (Å²) in [5.74, 6) is 0.985. The van der Waals surface area contributed by atoms with Crippen molar-refractivity contribution < 1.29 is 4.74 Å². The first kappa shape index (κ1) is 14.4. The van der Waals surface area contributed by atoms with E-state index in [-0.39, 0.29) is 6.10 Å². The van der Waals surface area contributed by atoms with Crippen molar-refractivity contribution in [2.24, 2.45) is 5.41 Å². The monoisotopic (exact) mass is 283 g/mol. The van der Waals surface area contributed by atoms with Crippen LogP contribution < -0.4 is 10.1 Å². The number of likely N-dealkylation sites (N-methyl/N-ethyl adjacent to an activating group) is 1. The zero-order valence-electron chi connectivity index (χ0n) is 13.2. The zero-order chi connectivity index (χ0) is 14.9. The molecule has 2 unspecified atom stereocenters. The smallest absolute Gasteiger partial charge is 0.120 e. The van der Waals surface area contributed by atoms with Crippen LogP contribution in [0.25, 0.3) is 10.8 Å². The molecule has 0 bridgehead atoms. The third-order valence-corrected chi connectivity index (χ3v) is 4.72. The van der Waals surface area contributed by atoms with Gasteiger partial charge in [0.25, 0.3) is 0 Å². The van der Waals surface area contributed by atoms with Crippen LogP contribution >= 0.6 is 0 Å². The number of ether oxygens (including phenoxy) is 1. The van der Waals surface area contributed by atoms with Crippen LogP contribution in [-0.2, 0) is 0 Å². The Morgan fingerprint density at radius 2 is 1.90 bits per heavy atom. The van der Waals surface area contributed by atoms with E-state index in [1.54, 1.807) is 0 Å². The van der Waals surface area contributed by atoms with Crippen molar-refractivity contribution in [3.8, 4) is 5.75 Å². The second-order valence-electron chi connectivity index (χ2n) is 6.73. The first-order valence-electron chi connectivity index (χ1n) is 7.99. The normalized spacial score (nSPS) is 24.3. The molecule has 0 saturated heterocycles.